The average molecular weight is 377 g/mol. The Labute approximate surface area is 155 Å². The van der Waals surface area contributed by atoms with Crippen LogP contribution in [0.3, 0.4) is 0 Å². The van der Waals surface area contributed by atoms with Crippen LogP contribution in [0, 0.1) is 12.3 Å². The van der Waals surface area contributed by atoms with Gasteiger partial charge in [0.15, 0.2) is 6.61 Å². The van der Waals surface area contributed by atoms with Crippen LogP contribution < -0.4 is 15.4 Å². The number of rotatable bonds is 6. The zero-order chi connectivity index (χ0) is 18.2. The van der Waals surface area contributed by atoms with Gasteiger partial charge in [-0.25, -0.2) is 0 Å². The van der Waals surface area contributed by atoms with Crippen molar-refractivity contribution >= 4 is 40.7 Å². The van der Waals surface area contributed by atoms with Crippen molar-refractivity contribution in [2.24, 2.45) is 0 Å². The molecular weight excluding hydrogens is 363 g/mol. The van der Waals surface area contributed by atoms with Gasteiger partial charge in [0, 0.05) is 5.02 Å². The Morgan fingerprint density at radius 1 is 1.16 bits per heavy atom. The van der Waals surface area contributed by atoms with Gasteiger partial charge in [-0.15, -0.1) is 6.42 Å². The largest absolute Gasteiger partial charge is 0.482 e. The number of para-hydroxylation sites is 1. The molecule has 0 radical (unpaired) electrons. The monoisotopic (exact) mass is 376 g/mol. The Kier molecular flexibility index (Phi) is 6.70. The quantitative estimate of drug-likeness (QED) is 0.759. The Morgan fingerprint density at radius 3 is 2.64 bits per heavy atom. The van der Waals surface area contributed by atoms with E-state index < -0.39 is 5.91 Å². The van der Waals surface area contributed by atoms with Crippen molar-refractivity contribution in [1.82, 2.24) is 5.32 Å². The van der Waals surface area contributed by atoms with E-state index >= 15 is 0 Å². The summed E-state index contributed by atoms with van der Waals surface area (Å²) in [5.74, 6) is 1.83. The van der Waals surface area contributed by atoms with Gasteiger partial charge in [-0.1, -0.05) is 41.3 Å². The van der Waals surface area contributed by atoms with E-state index in [1.165, 1.54) is 6.07 Å². The highest BCUT2D eigenvalue weighted by Crippen LogP contribution is 2.27. The van der Waals surface area contributed by atoms with Crippen LogP contribution in [0.5, 0.6) is 5.75 Å². The minimum Gasteiger partial charge on any atom is -0.482 e. The lowest BCUT2D eigenvalue weighted by molar-refractivity contribution is -0.118. The second-order valence-electron chi connectivity index (χ2n) is 4.84. The smallest absolute Gasteiger partial charge is 0.262 e. The topological polar surface area (TPSA) is 67.4 Å². The number of terminal acetylenes is 1. The van der Waals surface area contributed by atoms with Gasteiger partial charge in [0.2, 0.25) is 0 Å². The molecule has 0 saturated heterocycles. The fourth-order valence-corrected chi connectivity index (χ4v) is 2.40. The fourth-order valence-electron chi connectivity index (χ4n) is 1.94. The van der Waals surface area contributed by atoms with E-state index in [1.54, 1.807) is 36.4 Å². The second kappa shape index (κ2) is 8.97. The lowest BCUT2D eigenvalue weighted by Crippen LogP contribution is -2.26. The molecule has 128 valence electrons. The third-order valence-corrected chi connectivity index (χ3v) is 3.58. The van der Waals surface area contributed by atoms with E-state index in [2.05, 4.69) is 16.6 Å². The second-order valence-corrected chi connectivity index (χ2v) is 5.69. The van der Waals surface area contributed by atoms with E-state index in [1.807, 2.05) is 0 Å². The van der Waals surface area contributed by atoms with Crippen molar-refractivity contribution in [1.29, 1.82) is 0 Å². The number of anilines is 1. The highest BCUT2D eigenvalue weighted by molar-refractivity contribution is 6.35. The first-order valence-corrected chi connectivity index (χ1v) is 7.95. The molecule has 25 heavy (non-hydrogen) atoms. The number of ether oxygens (including phenoxy) is 1. The third kappa shape index (κ3) is 5.42. The van der Waals surface area contributed by atoms with Gasteiger partial charge in [-0.2, -0.15) is 0 Å². The van der Waals surface area contributed by atoms with Gasteiger partial charge in [-0.05, 0) is 30.3 Å². The summed E-state index contributed by atoms with van der Waals surface area (Å²) in [5.41, 5.74) is 0.656. The summed E-state index contributed by atoms with van der Waals surface area (Å²) in [7, 11) is 0. The first kappa shape index (κ1) is 18.7. The zero-order valence-electron chi connectivity index (χ0n) is 13.0. The standard InChI is InChI=1S/C18H14Cl2N2O3/c1-2-9-21-18(24)13-5-3-4-6-15(13)22-17(23)11-25-16-8-7-12(19)10-14(16)20/h1,3-8,10H,9,11H2,(H,21,24)(H,22,23). The maximum Gasteiger partial charge on any atom is 0.262 e. The molecule has 0 bridgehead atoms. The summed E-state index contributed by atoms with van der Waals surface area (Å²) >= 11 is 11.8. The summed E-state index contributed by atoms with van der Waals surface area (Å²) in [5, 5.41) is 5.94. The maximum atomic E-state index is 12.1. The minimum atomic E-state index is -0.441. The number of hydrogen-bond donors (Lipinski definition) is 2. The van der Waals surface area contributed by atoms with Crippen LogP contribution in [0.25, 0.3) is 0 Å². The van der Waals surface area contributed by atoms with Gasteiger partial charge in [0.05, 0.1) is 22.8 Å². The zero-order valence-corrected chi connectivity index (χ0v) is 14.5. The number of amides is 2. The lowest BCUT2D eigenvalue weighted by atomic mass is 10.1. The molecule has 0 aromatic heterocycles. The highest BCUT2D eigenvalue weighted by atomic mass is 35.5. The predicted molar refractivity (Wildman–Crippen MR) is 98.2 cm³/mol. The van der Waals surface area contributed by atoms with Crippen LogP contribution in [0.4, 0.5) is 5.69 Å². The normalized spacial score (nSPS) is 9.80. The number of carbonyl (C=O) groups excluding carboxylic acids is 2. The van der Waals surface area contributed by atoms with E-state index in [0.29, 0.717) is 27.0 Å². The minimum absolute atomic E-state index is 0.0965. The van der Waals surface area contributed by atoms with Crippen LogP contribution in [0.15, 0.2) is 42.5 Å². The molecule has 0 aliphatic carbocycles. The Hall–Kier alpha value is -2.68. The van der Waals surface area contributed by atoms with Gasteiger partial charge in [0.25, 0.3) is 11.8 Å². The number of carbonyl (C=O) groups is 2. The Bertz CT molecular complexity index is 831. The molecule has 5 nitrogen and oxygen atoms in total. The molecule has 0 atom stereocenters. The van der Waals surface area contributed by atoms with Crippen LogP contribution >= 0.6 is 23.2 Å². The molecule has 2 N–H and O–H groups in total. The van der Waals surface area contributed by atoms with Crippen LogP contribution in [-0.4, -0.2) is 25.0 Å². The number of halogens is 2. The molecule has 2 rings (SSSR count). The molecular formula is C18H14Cl2N2O3. The number of benzene rings is 2. The summed E-state index contributed by atoms with van der Waals surface area (Å²) in [6, 6.07) is 11.3. The van der Waals surface area contributed by atoms with Crippen LogP contribution in [0.1, 0.15) is 10.4 Å². The first-order valence-electron chi connectivity index (χ1n) is 7.19. The molecule has 0 aliphatic heterocycles. The Morgan fingerprint density at radius 2 is 1.92 bits per heavy atom. The lowest BCUT2D eigenvalue weighted by Gasteiger charge is -2.12. The SMILES string of the molecule is C#CCNC(=O)c1ccccc1NC(=O)COc1ccc(Cl)cc1Cl. The molecule has 0 fully saturated rings. The van der Waals surface area contributed by atoms with Crippen molar-refractivity contribution < 1.29 is 14.3 Å². The van der Waals surface area contributed by atoms with Gasteiger partial charge in [-0.3, -0.25) is 9.59 Å². The molecule has 0 aliphatic rings. The molecule has 0 heterocycles. The van der Waals surface area contributed by atoms with Crippen LogP contribution in [0.2, 0.25) is 10.0 Å². The highest BCUT2D eigenvalue weighted by Gasteiger charge is 2.13. The average Bonchev–Trinajstić information content (AvgIpc) is 2.59. The summed E-state index contributed by atoms with van der Waals surface area (Å²) in [6.07, 6.45) is 5.12. The number of hydrogen-bond acceptors (Lipinski definition) is 3. The van der Waals surface area contributed by atoms with E-state index in [9.17, 15) is 9.59 Å². The van der Waals surface area contributed by atoms with Gasteiger partial charge in [0.1, 0.15) is 5.75 Å². The summed E-state index contributed by atoms with van der Waals surface area (Å²) < 4.78 is 5.36. The maximum absolute atomic E-state index is 12.1. The molecule has 0 spiro atoms. The molecule has 2 amide bonds. The summed E-state index contributed by atoms with van der Waals surface area (Å²) in [4.78, 5) is 24.1. The van der Waals surface area contributed by atoms with Crippen molar-refractivity contribution in [3.63, 3.8) is 0 Å². The van der Waals surface area contributed by atoms with Gasteiger partial charge < -0.3 is 15.4 Å². The van der Waals surface area contributed by atoms with E-state index in [0.717, 1.165) is 0 Å². The van der Waals surface area contributed by atoms with Crippen LogP contribution in [-0.2, 0) is 4.79 Å². The molecule has 0 unspecified atom stereocenters. The summed E-state index contributed by atoms with van der Waals surface area (Å²) in [6.45, 7) is -0.180. The van der Waals surface area contributed by atoms with Gasteiger partial charge >= 0.3 is 0 Å². The Balaban J connectivity index is 2.01. The van der Waals surface area contributed by atoms with Crippen molar-refractivity contribution in [2.45, 2.75) is 0 Å². The fraction of sp³-hybridized carbons (Fsp3) is 0.111. The third-order valence-electron chi connectivity index (χ3n) is 3.05. The van der Waals surface area contributed by atoms with E-state index in [4.69, 9.17) is 34.4 Å². The first-order chi connectivity index (χ1) is 12.0. The van der Waals surface area contributed by atoms with Crippen molar-refractivity contribution in [3.05, 3.63) is 58.1 Å². The number of nitrogens with one attached hydrogen (secondary N) is 2. The molecule has 7 heteroatoms. The van der Waals surface area contributed by atoms with Crippen molar-refractivity contribution in [3.8, 4) is 18.1 Å². The predicted octanol–water partition coefficient (Wildman–Crippen LogP) is 3.37. The van der Waals surface area contributed by atoms with E-state index in [-0.39, 0.29) is 19.1 Å². The molecule has 2 aromatic rings. The van der Waals surface area contributed by atoms with Crippen molar-refractivity contribution in [2.75, 3.05) is 18.5 Å². The molecule has 0 saturated carbocycles. The molecule has 2 aromatic carbocycles.